The van der Waals surface area contributed by atoms with E-state index in [4.69, 9.17) is 39.6 Å². The minimum atomic E-state index is -1.30. The van der Waals surface area contributed by atoms with E-state index >= 15 is 0 Å². The normalized spacial score (nSPS) is 18.4. The summed E-state index contributed by atoms with van der Waals surface area (Å²) in [4.78, 5) is 146. The van der Waals surface area contributed by atoms with E-state index in [2.05, 4.69) is 21.3 Å². The Morgan fingerprint density at radius 1 is 0.691 bits per heavy atom. The number of ether oxygens (including phenoxy) is 1. The number of aliphatic hydroxyl groups excluding tert-OH is 1. The molecular formula is C64H62N12O12S6. The first-order valence-corrected chi connectivity index (χ1v) is 34.9. The number of pyridine rings is 1. The molecule has 7 N–H and O–H groups in total. The highest BCUT2D eigenvalue weighted by atomic mass is 32.1. The van der Waals surface area contributed by atoms with Crippen molar-refractivity contribution in [1.29, 1.82) is 0 Å². The van der Waals surface area contributed by atoms with Crippen LogP contribution in [0.25, 0.3) is 43.4 Å². The van der Waals surface area contributed by atoms with Crippen LogP contribution in [0, 0.1) is 24.7 Å². The van der Waals surface area contributed by atoms with Gasteiger partial charge in [0.1, 0.15) is 77.2 Å². The molecule has 24 nitrogen and oxygen atoms in total. The van der Waals surface area contributed by atoms with Gasteiger partial charge in [-0.1, -0.05) is 56.3 Å². The fourth-order valence-corrected chi connectivity index (χ4v) is 16.6. The van der Waals surface area contributed by atoms with E-state index in [-0.39, 0.29) is 66.2 Å². The third-order valence-electron chi connectivity index (χ3n) is 16.1. The number of aliphatic hydroxyl groups is 1. The van der Waals surface area contributed by atoms with Crippen LogP contribution in [-0.2, 0) is 37.1 Å². The van der Waals surface area contributed by atoms with Crippen molar-refractivity contribution >= 4 is 121 Å². The first kappa shape index (κ1) is 66.7. The molecule has 9 aromatic rings. The maximum Gasteiger partial charge on any atom is 0.335 e. The number of nitrogens with one attached hydrogen (secondary N) is 4. The van der Waals surface area contributed by atoms with Crippen molar-refractivity contribution in [2.45, 2.75) is 96.6 Å². The van der Waals surface area contributed by atoms with Crippen molar-refractivity contribution in [3.63, 3.8) is 0 Å². The zero-order chi connectivity index (χ0) is 66.5. The fraction of sp³-hybridized carbons (Fsp3) is 0.328. The number of ketones is 1. The molecule has 0 saturated heterocycles. The lowest BCUT2D eigenvalue weighted by molar-refractivity contribution is -0.144. The highest BCUT2D eigenvalue weighted by Gasteiger charge is 2.36. The number of carbonyl (C=O) groups excluding carboxylic acids is 6. The molecule has 30 heteroatoms. The van der Waals surface area contributed by atoms with Gasteiger partial charge in [-0.25, -0.2) is 39.7 Å². The van der Waals surface area contributed by atoms with E-state index in [1.165, 1.54) is 87.9 Å². The zero-order valence-corrected chi connectivity index (χ0v) is 56.0. The van der Waals surface area contributed by atoms with Gasteiger partial charge in [0.25, 0.3) is 11.8 Å². The summed E-state index contributed by atoms with van der Waals surface area (Å²) < 4.78 is 5.48. The Labute approximate surface area is 562 Å². The molecule has 8 heterocycles. The summed E-state index contributed by atoms with van der Waals surface area (Å²) in [7, 11) is 2.95. The van der Waals surface area contributed by atoms with Crippen LogP contribution in [-0.4, -0.2) is 118 Å². The third kappa shape index (κ3) is 14.9. The van der Waals surface area contributed by atoms with E-state index in [1.807, 2.05) is 13.8 Å². The Bertz CT molecular complexity index is 4320. The molecule has 1 aliphatic heterocycles. The number of amides is 5. The molecule has 94 heavy (non-hydrogen) atoms. The minimum Gasteiger partial charge on any atom is -0.481 e. The number of carboxylic acids is 2. The van der Waals surface area contributed by atoms with Crippen molar-refractivity contribution in [3.05, 3.63) is 147 Å². The highest BCUT2D eigenvalue weighted by Crippen LogP contribution is 2.42. The van der Waals surface area contributed by atoms with Gasteiger partial charge < -0.3 is 41.3 Å². The molecule has 0 spiro atoms. The Morgan fingerprint density at radius 2 is 1.37 bits per heavy atom. The summed E-state index contributed by atoms with van der Waals surface area (Å²) in [5, 5.41) is 51.6. The smallest absolute Gasteiger partial charge is 0.335 e. The monoisotopic (exact) mass is 1380 g/mol. The lowest BCUT2D eigenvalue weighted by Crippen LogP contribution is -2.40. The summed E-state index contributed by atoms with van der Waals surface area (Å²) >= 11 is 7.18. The van der Waals surface area contributed by atoms with Gasteiger partial charge in [0.15, 0.2) is 5.78 Å². The summed E-state index contributed by atoms with van der Waals surface area (Å²) in [5.41, 5.74) is 3.31. The van der Waals surface area contributed by atoms with Crippen LogP contribution in [0.5, 0.6) is 0 Å². The van der Waals surface area contributed by atoms with E-state index in [9.17, 15) is 53.7 Å². The lowest BCUT2D eigenvalue weighted by atomic mass is 9.81. The van der Waals surface area contributed by atoms with Crippen LogP contribution in [0.15, 0.2) is 88.3 Å². The number of methoxy groups -OCH3 is 1. The Balaban J connectivity index is 0.988. The minimum absolute atomic E-state index is 0.00580. The highest BCUT2D eigenvalue weighted by molar-refractivity contribution is 7.15. The Morgan fingerprint density at radius 3 is 2.09 bits per heavy atom. The van der Waals surface area contributed by atoms with E-state index < -0.39 is 78.1 Å². The fourth-order valence-electron chi connectivity index (χ4n) is 11.0. The molecule has 1 fully saturated rings. The molecule has 2 aliphatic rings. The number of aliphatic carboxylic acids is 1. The van der Waals surface area contributed by atoms with Gasteiger partial charge in [-0.15, -0.1) is 68.0 Å². The summed E-state index contributed by atoms with van der Waals surface area (Å²) in [6, 6.07) is 16.3. The van der Waals surface area contributed by atoms with Crippen LogP contribution in [0.4, 0.5) is 5.82 Å². The van der Waals surface area contributed by atoms with Crippen LogP contribution in [0.3, 0.4) is 0 Å². The molecule has 2 aromatic carbocycles. The molecule has 7 aromatic heterocycles. The summed E-state index contributed by atoms with van der Waals surface area (Å²) in [5.74, 6) is -6.33. The van der Waals surface area contributed by atoms with E-state index in [0.717, 1.165) is 11.3 Å². The first-order chi connectivity index (χ1) is 45.2. The molecule has 1 aliphatic carbocycles. The van der Waals surface area contributed by atoms with Gasteiger partial charge in [-0.2, -0.15) is 0 Å². The third-order valence-corrected chi connectivity index (χ3v) is 21.9. The van der Waals surface area contributed by atoms with Gasteiger partial charge in [0.2, 0.25) is 17.7 Å². The molecule has 486 valence electrons. The molecular weight excluding hydrogens is 1320 g/mol. The lowest BCUT2D eigenvalue weighted by Gasteiger charge is -2.30. The number of hydrogen-bond acceptors (Lipinski definition) is 23. The largest absolute Gasteiger partial charge is 0.481 e. The number of rotatable bonds is 14. The molecule has 1 saturated carbocycles. The van der Waals surface area contributed by atoms with Gasteiger partial charge in [0.05, 0.1) is 59.2 Å². The van der Waals surface area contributed by atoms with Crippen LogP contribution in [0.2, 0.25) is 0 Å². The SMILES string of the molecule is CNC(=O)C[C@@H]1NC(=O)c2csc(n2)-c2ccc(-c3nc(N(Cc4ccc(C(=O)O)cc4)C(=O)C4CCC(C(=O)O)CC4)cs3)nc2-c2csc(n2)-c2csc(n2)[C@H]([C@@H](O)c2ccccc2)NC(=O)CNC(=O)c2nc(sc2COC)C(C(C)C)CC(=O)c2nc1sc2C. The standard InChI is InChI=1S/C64H62N12O12S6/c1-30(2)38-21-44(77)49-31(3)93-60(74-49)40(22-47(78)65-4)68-54(81)42-27-89-56(70-42)37-19-20-39(58-72-46(29-92-58)76(24-32-11-13-35(14-12-32)63(84)85)62(83)34-15-17-36(18-16-34)64(86)87)67-50(37)41-26-90-59(69-41)43-28-91-61(71-43)52(53(80)33-9-7-6-8-10-33)73-48(79)23-66-55(82)51-45(25-88-5)94-57(38)75-51/h6-14,19-20,26-30,34,36,38,40,52-53,80H,15-18,21-25H2,1-5H3,(H,65,78)(H,66,82)(H,68,81)(H,73,79)(H,84,85)(H,86,87)/t34?,36?,38?,40-,52-,53-/m0/s1. The number of carbonyl (C=O) groups is 8. The predicted molar refractivity (Wildman–Crippen MR) is 356 cm³/mol. The number of carboxylic acid groups (broad SMARTS) is 2. The van der Waals surface area contributed by atoms with E-state index in [0.29, 0.717) is 111 Å². The number of anilines is 1. The summed E-state index contributed by atoms with van der Waals surface area (Å²) in [6.45, 7) is 5.14. The van der Waals surface area contributed by atoms with Gasteiger partial charge in [-0.3, -0.25) is 38.5 Å². The number of aromatic carboxylic acids is 1. The van der Waals surface area contributed by atoms with Crippen molar-refractivity contribution in [3.8, 4) is 43.4 Å². The number of Topliss-reactive ketones (excluding diaryl/α,β-unsaturated/α-hetero) is 1. The zero-order valence-electron chi connectivity index (χ0n) is 51.1. The number of fused-ring (bicyclic) bond motifs is 14. The number of hydrogen-bond donors (Lipinski definition) is 7. The van der Waals surface area contributed by atoms with Crippen molar-refractivity contribution in [2.75, 3.05) is 25.6 Å². The number of benzene rings is 2. The average molecular weight is 1380 g/mol. The second-order valence-corrected chi connectivity index (χ2v) is 28.6. The molecule has 4 atom stereocenters. The van der Waals surface area contributed by atoms with Gasteiger partial charge >= 0.3 is 11.9 Å². The van der Waals surface area contributed by atoms with Crippen LogP contribution < -0.4 is 26.2 Å². The number of nitrogens with zero attached hydrogens (tertiary/aromatic N) is 8. The Hall–Kier alpha value is -8.75. The van der Waals surface area contributed by atoms with Gasteiger partial charge in [0, 0.05) is 64.4 Å². The first-order valence-electron chi connectivity index (χ1n) is 29.8. The number of aryl methyl sites for hydroxylation is 1. The molecule has 0 radical (unpaired) electrons. The maximum absolute atomic E-state index is 14.6. The van der Waals surface area contributed by atoms with E-state index in [1.54, 1.807) is 83.0 Å². The quantitative estimate of drug-likeness (QED) is 0.0532. The number of thiazole rings is 6. The number of aromatic nitrogens is 7. The average Bonchev–Trinajstić information content (AvgIpc) is 1.60. The molecule has 5 amide bonds. The second kappa shape index (κ2) is 29.3. The van der Waals surface area contributed by atoms with Crippen molar-refractivity contribution in [1.82, 2.24) is 56.2 Å². The molecule has 11 rings (SSSR count). The van der Waals surface area contributed by atoms with Crippen molar-refractivity contribution in [2.24, 2.45) is 17.8 Å². The van der Waals surface area contributed by atoms with Crippen molar-refractivity contribution < 1.29 is 58.4 Å². The molecule has 1 unspecified atom stereocenters. The van der Waals surface area contributed by atoms with Crippen LogP contribution >= 0.6 is 68.0 Å². The van der Waals surface area contributed by atoms with Crippen LogP contribution in [0.1, 0.15) is 154 Å². The summed E-state index contributed by atoms with van der Waals surface area (Å²) in [6.07, 6.45) is -0.202. The maximum atomic E-state index is 14.6. The Kier molecular flexibility index (Phi) is 20.8. The van der Waals surface area contributed by atoms with Gasteiger partial charge in [-0.05, 0) is 73.9 Å². The topological polar surface area (TPSA) is 348 Å². The molecule has 10 bridgehead atoms. The second-order valence-electron chi connectivity index (χ2n) is 22.7. The predicted octanol–water partition coefficient (Wildman–Crippen LogP) is 10.3.